The number of nitrogens with one attached hydrogen (secondary N) is 1. The van der Waals surface area contributed by atoms with Crippen LogP contribution in [-0.2, 0) is 16.4 Å². The van der Waals surface area contributed by atoms with Crippen molar-refractivity contribution >= 4 is 15.6 Å². The summed E-state index contributed by atoms with van der Waals surface area (Å²) >= 11 is 0. The Bertz CT molecular complexity index is 1240. The minimum absolute atomic E-state index is 0.0923. The fourth-order valence-electron chi connectivity index (χ4n) is 5.59. The van der Waals surface area contributed by atoms with Crippen molar-refractivity contribution in [2.75, 3.05) is 6.54 Å². The lowest BCUT2D eigenvalue weighted by Crippen LogP contribution is -2.39. The average molecular weight is 480 g/mol. The third-order valence-corrected chi connectivity index (χ3v) is 8.92. The molecule has 1 aromatic heterocycles. The number of hydrogen-bond donors (Lipinski definition) is 1. The van der Waals surface area contributed by atoms with Crippen LogP contribution in [0, 0.1) is 0 Å². The molecule has 0 saturated heterocycles. The van der Waals surface area contributed by atoms with Crippen LogP contribution in [0.15, 0.2) is 65.4 Å². The minimum atomic E-state index is -3.62. The smallest absolute Gasteiger partial charge is 0.241 e. The van der Waals surface area contributed by atoms with Crippen LogP contribution in [0.5, 0.6) is 0 Å². The summed E-state index contributed by atoms with van der Waals surface area (Å²) in [5.41, 5.74) is 5.76. The maximum atomic E-state index is 13.5. The van der Waals surface area contributed by atoms with Gasteiger partial charge in [0.05, 0.1) is 4.90 Å². The van der Waals surface area contributed by atoms with Crippen molar-refractivity contribution in [2.24, 2.45) is 0 Å². The van der Waals surface area contributed by atoms with E-state index in [0.29, 0.717) is 11.3 Å². The second-order valence-corrected chi connectivity index (χ2v) is 11.3. The summed E-state index contributed by atoms with van der Waals surface area (Å²) in [5, 5.41) is 7.81. The highest BCUT2D eigenvalue weighted by Gasteiger charge is 2.29. The van der Waals surface area contributed by atoms with Gasteiger partial charge in [-0.3, -0.25) is 0 Å². The van der Waals surface area contributed by atoms with Gasteiger partial charge < -0.3 is 9.47 Å². The first-order valence-corrected chi connectivity index (χ1v) is 13.8. The topological polar surface area (TPSA) is 80.1 Å². The first-order chi connectivity index (χ1) is 16.5. The summed E-state index contributed by atoms with van der Waals surface area (Å²) in [4.78, 5) is 2.71. The largest absolute Gasteiger partial charge is 0.348 e. The molecule has 0 spiro atoms. The van der Waals surface area contributed by atoms with Crippen molar-refractivity contribution in [2.45, 2.75) is 75.8 Å². The van der Waals surface area contributed by atoms with Gasteiger partial charge in [0.2, 0.25) is 10.0 Å². The summed E-state index contributed by atoms with van der Waals surface area (Å²) < 4.78 is 31.9. The van der Waals surface area contributed by atoms with E-state index in [2.05, 4.69) is 51.2 Å². The van der Waals surface area contributed by atoms with Gasteiger partial charge in [-0.2, -0.15) is 0 Å². The number of sulfonamides is 1. The summed E-state index contributed by atoms with van der Waals surface area (Å²) in [6, 6.07) is 5.95. The summed E-state index contributed by atoms with van der Waals surface area (Å²) in [7, 11) is -3.62. The van der Waals surface area contributed by atoms with Crippen molar-refractivity contribution in [1.29, 1.82) is 0 Å². The summed E-state index contributed by atoms with van der Waals surface area (Å²) in [6.45, 7) is 5.25. The van der Waals surface area contributed by atoms with Gasteiger partial charge in [-0.05, 0) is 86.8 Å². The third-order valence-electron chi connectivity index (χ3n) is 7.29. The molecule has 1 aliphatic carbocycles. The van der Waals surface area contributed by atoms with E-state index in [4.69, 9.17) is 0 Å². The van der Waals surface area contributed by atoms with Crippen molar-refractivity contribution in [3.8, 4) is 0 Å². The highest BCUT2D eigenvalue weighted by molar-refractivity contribution is 7.89. The van der Waals surface area contributed by atoms with Crippen LogP contribution in [-0.4, -0.2) is 40.7 Å². The van der Waals surface area contributed by atoms with Crippen LogP contribution >= 0.6 is 0 Å². The van der Waals surface area contributed by atoms with E-state index in [9.17, 15) is 8.42 Å². The lowest BCUT2D eigenvalue weighted by Gasteiger charge is -2.34. The zero-order valence-electron chi connectivity index (χ0n) is 19.9. The number of aromatic nitrogens is 3. The number of allylic oxidation sites excluding steroid dienone is 4. The van der Waals surface area contributed by atoms with Crippen LogP contribution in [0.25, 0.3) is 5.57 Å². The molecule has 1 saturated carbocycles. The van der Waals surface area contributed by atoms with Crippen molar-refractivity contribution in [1.82, 2.24) is 24.4 Å². The third kappa shape index (κ3) is 4.49. The van der Waals surface area contributed by atoms with Gasteiger partial charge in [-0.15, -0.1) is 10.2 Å². The van der Waals surface area contributed by atoms with Crippen LogP contribution in [0.2, 0.25) is 0 Å². The van der Waals surface area contributed by atoms with Gasteiger partial charge in [0, 0.05) is 36.1 Å². The van der Waals surface area contributed by atoms with Crippen LogP contribution in [0.3, 0.4) is 0 Å². The van der Waals surface area contributed by atoms with Gasteiger partial charge in [0.15, 0.2) is 0 Å². The standard InChI is InChI=1S/C26H33N5O2S/c1-3-20-15-21(24-10-6-14-30-13-5-7-19(2)26(24)30)11-12-25(20)34(32,33)29-22-8-4-9-23(16-22)31-17-27-28-18-31/h6,10-12,14-15,17-18,22-23,29H,3-5,7-9,13,16H2,1-2H3. The van der Waals surface area contributed by atoms with Gasteiger partial charge >= 0.3 is 0 Å². The molecule has 7 nitrogen and oxygen atoms in total. The average Bonchev–Trinajstić information content (AvgIpc) is 3.38. The molecule has 2 unspecified atom stereocenters. The number of benzene rings is 1. The Labute approximate surface area is 202 Å². The molecule has 180 valence electrons. The van der Waals surface area contributed by atoms with Crippen LogP contribution < -0.4 is 4.72 Å². The molecular weight excluding hydrogens is 446 g/mol. The quantitative estimate of drug-likeness (QED) is 0.656. The van der Waals surface area contributed by atoms with Crippen molar-refractivity contribution in [3.05, 3.63) is 71.6 Å². The zero-order valence-corrected chi connectivity index (χ0v) is 20.8. The lowest BCUT2D eigenvalue weighted by molar-refractivity contribution is 0.305. The molecular formula is C26H33N5O2S. The van der Waals surface area contributed by atoms with Crippen LogP contribution in [0.4, 0.5) is 0 Å². The Morgan fingerprint density at radius 3 is 2.76 bits per heavy atom. The Morgan fingerprint density at radius 2 is 1.97 bits per heavy atom. The fourth-order valence-corrected chi connectivity index (χ4v) is 7.16. The summed E-state index contributed by atoms with van der Waals surface area (Å²) in [6.07, 6.45) is 16.3. The zero-order chi connectivity index (χ0) is 23.7. The normalized spacial score (nSPS) is 23.1. The Hall–Kier alpha value is -2.71. The van der Waals surface area contributed by atoms with Gasteiger partial charge in [0.25, 0.3) is 0 Å². The number of aryl methyl sites for hydroxylation is 1. The molecule has 1 fully saturated rings. The lowest BCUT2D eigenvalue weighted by atomic mass is 9.91. The first kappa shape index (κ1) is 23.1. The molecule has 3 heterocycles. The molecule has 2 aromatic rings. The highest BCUT2D eigenvalue weighted by Crippen LogP contribution is 2.37. The molecule has 0 radical (unpaired) electrons. The monoisotopic (exact) mass is 479 g/mol. The first-order valence-electron chi connectivity index (χ1n) is 12.3. The number of rotatable bonds is 6. The van der Waals surface area contributed by atoms with Crippen LogP contribution in [0.1, 0.15) is 69.5 Å². The van der Waals surface area contributed by atoms with E-state index in [1.807, 2.05) is 17.6 Å². The van der Waals surface area contributed by atoms with E-state index in [0.717, 1.165) is 56.2 Å². The van der Waals surface area contributed by atoms with E-state index >= 15 is 0 Å². The molecule has 5 rings (SSSR count). The fraction of sp³-hybridized carbons (Fsp3) is 0.462. The van der Waals surface area contributed by atoms with E-state index in [-0.39, 0.29) is 12.1 Å². The Balaban J connectivity index is 1.40. The van der Waals surface area contributed by atoms with Gasteiger partial charge in [-0.1, -0.05) is 19.1 Å². The molecule has 3 aliphatic rings. The number of fused-ring (bicyclic) bond motifs is 1. The number of nitrogens with zero attached hydrogens (tertiary/aromatic N) is 4. The maximum Gasteiger partial charge on any atom is 0.241 e. The van der Waals surface area contributed by atoms with Gasteiger partial charge in [-0.25, -0.2) is 13.1 Å². The highest BCUT2D eigenvalue weighted by atomic mass is 32.2. The van der Waals surface area contributed by atoms with E-state index < -0.39 is 10.0 Å². The minimum Gasteiger partial charge on any atom is -0.348 e. The molecule has 8 heteroatoms. The molecule has 1 N–H and O–H groups in total. The van der Waals surface area contributed by atoms with E-state index in [1.165, 1.54) is 16.8 Å². The predicted molar refractivity (Wildman–Crippen MR) is 133 cm³/mol. The van der Waals surface area contributed by atoms with E-state index in [1.54, 1.807) is 18.7 Å². The second kappa shape index (κ2) is 9.50. The molecule has 0 bridgehead atoms. The van der Waals surface area contributed by atoms with Crippen molar-refractivity contribution < 1.29 is 8.42 Å². The molecule has 1 aromatic carbocycles. The molecule has 0 amide bonds. The molecule has 34 heavy (non-hydrogen) atoms. The predicted octanol–water partition coefficient (Wildman–Crippen LogP) is 4.58. The Kier molecular flexibility index (Phi) is 6.44. The summed E-state index contributed by atoms with van der Waals surface area (Å²) in [5.74, 6) is 0. The molecule has 2 aliphatic heterocycles. The SMILES string of the molecule is CCc1cc(C2=CC=CN3CCCC(C)=C23)ccc1S(=O)(=O)NC1CCCC(n2cnnc2)C1. The second-order valence-electron chi connectivity index (χ2n) is 9.57. The molecule has 2 atom stereocenters. The van der Waals surface area contributed by atoms with Crippen molar-refractivity contribution in [3.63, 3.8) is 0 Å². The number of hydrogen-bond acceptors (Lipinski definition) is 5. The van der Waals surface area contributed by atoms with Gasteiger partial charge in [0.1, 0.15) is 12.7 Å². The maximum absolute atomic E-state index is 13.5. The Morgan fingerprint density at radius 1 is 1.15 bits per heavy atom.